The summed E-state index contributed by atoms with van der Waals surface area (Å²) in [6.07, 6.45) is 3.40. The lowest BCUT2D eigenvalue weighted by Crippen LogP contribution is -2.41. The van der Waals surface area contributed by atoms with Gasteiger partial charge < -0.3 is 10.0 Å². The Balaban J connectivity index is 0.000000845. The van der Waals surface area contributed by atoms with Gasteiger partial charge in [-0.15, -0.1) is 12.4 Å². The Labute approximate surface area is 84.5 Å². The minimum atomic E-state index is -0.591. The summed E-state index contributed by atoms with van der Waals surface area (Å²) in [5.74, 6) is -0.214. The van der Waals surface area contributed by atoms with Gasteiger partial charge in [-0.05, 0) is 38.3 Å². The van der Waals surface area contributed by atoms with Crippen LogP contribution in [-0.4, -0.2) is 35.6 Å². The number of piperidine rings is 1. The van der Waals surface area contributed by atoms with E-state index in [-0.39, 0.29) is 18.3 Å². The molecule has 4 heteroatoms. The van der Waals surface area contributed by atoms with Gasteiger partial charge in [-0.3, -0.25) is 4.79 Å². The molecular weight excluding hydrogens is 190 g/mol. The highest BCUT2D eigenvalue weighted by Crippen LogP contribution is 2.31. The van der Waals surface area contributed by atoms with Gasteiger partial charge in [0.25, 0.3) is 0 Å². The summed E-state index contributed by atoms with van der Waals surface area (Å²) in [4.78, 5) is 13.2. The second-order valence-corrected chi connectivity index (χ2v) is 3.94. The summed E-state index contributed by atoms with van der Waals surface area (Å²) in [6.45, 7) is 3.02. The number of aliphatic carboxylic acids is 1. The normalized spacial score (nSPS) is 37.7. The van der Waals surface area contributed by atoms with Gasteiger partial charge in [-0.1, -0.05) is 0 Å². The molecule has 0 saturated carbocycles. The molecule has 0 aromatic rings. The first-order chi connectivity index (χ1) is 5.77. The number of rotatable bonds is 1. The number of hydrogen-bond donors (Lipinski definition) is 1. The third-order valence-electron chi connectivity index (χ3n) is 3.21. The van der Waals surface area contributed by atoms with Crippen LogP contribution in [0.15, 0.2) is 0 Å². The molecule has 3 unspecified atom stereocenters. The third kappa shape index (κ3) is 2.15. The van der Waals surface area contributed by atoms with Gasteiger partial charge in [-0.25, -0.2) is 0 Å². The second-order valence-electron chi connectivity index (χ2n) is 3.94. The Morgan fingerprint density at radius 1 is 1.31 bits per heavy atom. The zero-order valence-electron chi connectivity index (χ0n) is 7.61. The van der Waals surface area contributed by atoms with Gasteiger partial charge in [0.2, 0.25) is 0 Å². The van der Waals surface area contributed by atoms with Crippen molar-refractivity contribution >= 4 is 18.4 Å². The molecule has 3 nitrogen and oxygen atoms in total. The average Bonchev–Trinajstić information content (AvgIpc) is 2.36. The summed E-state index contributed by atoms with van der Waals surface area (Å²) in [5, 5.41) is 8.96. The molecule has 13 heavy (non-hydrogen) atoms. The molecule has 0 aliphatic carbocycles. The zero-order valence-corrected chi connectivity index (χ0v) is 8.42. The van der Waals surface area contributed by atoms with Crippen molar-refractivity contribution in [1.82, 2.24) is 4.90 Å². The van der Waals surface area contributed by atoms with Crippen molar-refractivity contribution in [3.8, 4) is 0 Å². The molecule has 0 spiro atoms. The van der Waals surface area contributed by atoms with Crippen molar-refractivity contribution in [1.29, 1.82) is 0 Å². The van der Waals surface area contributed by atoms with E-state index in [0.717, 1.165) is 32.5 Å². The minimum Gasteiger partial charge on any atom is -0.481 e. The first kappa shape index (κ1) is 10.8. The quantitative estimate of drug-likeness (QED) is 0.700. The summed E-state index contributed by atoms with van der Waals surface area (Å²) in [7, 11) is 0. The Hall–Kier alpha value is -0.280. The fourth-order valence-corrected chi connectivity index (χ4v) is 2.47. The van der Waals surface area contributed by atoms with Gasteiger partial charge in [0.15, 0.2) is 0 Å². The molecular formula is C9H16ClNO2. The van der Waals surface area contributed by atoms with E-state index < -0.39 is 5.97 Å². The molecule has 3 fully saturated rings. The monoisotopic (exact) mass is 205 g/mol. The highest BCUT2D eigenvalue weighted by Gasteiger charge is 2.35. The van der Waals surface area contributed by atoms with Crippen LogP contribution in [0.4, 0.5) is 0 Å². The summed E-state index contributed by atoms with van der Waals surface area (Å²) >= 11 is 0. The lowest BCUT2D eigenvalue weighted by atomic mass is 9.85. The van der Waals surface area contributed by atoms with E-state index in [9.17, 15) is 4.79 Å². The number of nitrogens with zero attached hydrogens (tertiary/aromatic N) is 1. The summed E-state index contributed by atoms with van der Waals surface area (Å²) < 4.78 is 0. The maximum atomic E-state index is 10.9. The summed E-state index contributed by atoms with van der Waals surface area (Å²) in [5.41, 5.74) is 0. The van der Waals surface area contributed by atoms with Crippen LogP contribution in [0, 0.1) is 11.8 Å². The third-order valence-corrected chi connectivity index (χ3v) is 3.21. The number of carboxylic acids is 1. The molecule has 2 bridgehead atoms. The predicted molar refractivity (Wildman–Crippen MR) is 52.2 cm³/mol. The van der Waals surface area contributed by atoms with Crippen molar-refractivity contribution < 1.29 is 9.90 Å². The lowest BCUT2D eigenvalue weighted by Gasteiger charge is -2.31. The largest absolute Gasteiger partial charge is 0.481 e. The van der Waals surface area contributed by atoms with Crippen LogP contribution < -0.4 is 0 Å². The standard InChI is InChI=1S/C9H15NO2.ClH/c11-9(12)8-6-10-4-1-2-7(8)3-5-10;/h7-8H,1-6H2,(H,11,12);1H. The van der Waals surface area contributed by atoms with E-state index in [0.29, 0.717) is 5.92 Å². The van der Waals surface area contributed by atoms with Crippen molar-refractivity contribution in [3.05, 3.63) is 0 Å². The van der Waals surface area contributed by atoms with Crippen LogP contribution in [0.3, 0.4) is 0 Å². The van der Waals surface area contributed by atoms with E-state index in [2.05, 4.69) is 4.90 Å². The second kappa shape index (κ2) is 4.29. The SMILES string of the molecule is Cl.O=C(O)C1CN2CCCC1CC2. The maximum absolute atomic E-state index is 10.9. The Kier molecular flexibility index (Phi) is 3.56. The van der Waals surface area contributed by atoms with Crippen LogP contribution in [0.5, 0.6) is 0 Å². The first-order valence-corrected chi connectivity index (χ1v) is 4.72. The molecule has 3 aliphatic rings. The zero-order chi connectivity index (χ0) is 8.55. The molecule has 3 atom stereocenters. The van der Waals surface area contributed by atoms with E-state index in [1.807, 2.05) is 0 Å². The Morgan fingerprint density at radius 3 is 2.77 bits per heavy atom. The molecule has 1 N–H and O–H groups in total. The molecule has 0 aromatic heterocycles. The molecule has 76 valence electrons. The highest BCUT2D eigenvalue weighted by atomic mass is 35.5. The maximum Gasteiger partial charge on any atom is 0.308 e. The fourth-order valence-electron chi connectivity index (χ4n) is 2.47. The van der Waals surface area contributed by atoms with E-state index in [4.69, 9.17) is 5.11 Å². The first-order valence-electron chi connectivity index (χ1n) is 4.72. The molecule has 3 aliphatic heterocycles. The predicted octanol–water partition coefficient (Wildman–Crippen LogP) is 1.22. The molecule has 3 rings (SSSR count). The molecule has 0 amide bonds. The fraction of sp³-hybridized carbons (Fsp3) is 0.889. The number of fused-ring (bicyclic) bond motifs is 4. The highest BCUT2D eigenvalue weighted by molar-refractivity contribution is 5.85. The average molecular weight is 206 g/mol. The van der Waals surface area contributed by atoms with Gasteiger partial charge in [0, 0.05) is 6.54 Å². The van der Waals surface area contributed by atoms with Crippen LogP contribution in [0.1, 0.15) is 19.3 Å². The Morgan fingerprint density at radius 2 is 2.08 bits per heavy atom. The van der Waals surface area contributed by atoms with Crippen molar-refractivity contribution in [2.75, 3.05) is 19.6 Å². The van der Waals surface area contributed by atoms with Gasteiger partial charge >= 0.3 is 5.97 Å². The van der Waals surface area contributed by atoms with E-state index in [1.54, 1.807) is 0 Å². The van der Waals surface area contributed by atoms with Crippen LogP contribution in [0.25, 0.3) is 0 Å². The number of carboxylic acid groups (broad SMARTS) is 1. The minimum absolute atomic E-state index is 0. The summed E-state index contributed by atoms with van der Waals surface area (Å²) in [6, 6.07) is 0. The number of hydrogen-bond acceptors (Lipinski definition) is 2. The van der Waals surface area contributed by atoms with Crippen molar-refractivity contribution in [2.24, 2.45) is 11.8 Å². The van der Waals surface area contributed by atoms with Crippen molar-refractivity contribution in [3.63, 3.8) is 0 Å². The smallest absolute Gasteiger partial charge is 0.308 e. The van der Waals surface area contributed by atoms with Crippen LogP contribution in [-0.2, 0) is 4.79 Å². The lowest BCUT2D eigenvalue weighted by molar-refractivity contribution is -0.145. The number of halogens is 1. The molecule has 3 heterocycles. The van der Waals surface area contributed by atoms with Crippen LogP contribution >= 0.6 is 12.4 Å². The van der Waals surface area contributed by atoms with Gasteiger partial charge in [0.05, 0.1) is 5.92 Å². The molecule has 3 saturated heterocycles. The number of carbonyl (C=O) groups is 1. The van der Waals surface area contributed by atoms with Crippen LogP contribution in [0.2, 0.25) is 0 Å². The topological polar surface area (TPSA) is 40.5 Å². The van der Waals surface area contributed by atoms with Crippen molar-refractivity contribution in [2.45, 2.75) is 19.3 Å². The van der Waals surface area contributed by atoms with E-state index in [1.165, 1.54) is 6.42 Å². The van der Waals surface area contributed by atoms with Gasteiger partial charge in [-0.2, -0.15) is 0 Å². The Bertz CT molecular complexity index is 194. The van der Waals surface area contributed by atoms with E-state index >= 15 is 0 Å². The molecule has 0 aromatic carbocycles. The molecule has 0 radical (unpaired) electrons. The van der Waals surface area contributed by atoms with Gasteiger partial charge in [0.1, 0.15) is 0 Å².